The van der Waals surface area contributed by atoms with Crippen molar-refractivity contribution in [2.75, 3.05) is 33.2 Å². The van der Waals surface area contributed by atoms with Gasteiger partial charge in [-0.05, 0) is 23.8 Å². The molecular weight excluding hydrogens is 192 g/mol. The molecule has 0 spiro atoms. The molecule has 15 heavy (non-hydrogen) atoms. The van der Waals surface area contributed by atoms with E-state index < -0.39 is 0 Å². The van der Waals surface area contributed by atoms with Crippen LogP contribution in [0.3, 0.4) is 0 Å². The Labute approximate surface area is 90.7 Å². The van der Waals surface area contributed by atoms with Crippen LogP contribution in [-0.2, 0) is 11.4 Å². The van der Waals surface area contributed by atoms with Crippen molar-refractivity contribution >= 4 is 5.69 Å². The molecule has 0 saturated carbocycles. The van der Waals surface area contributed by atoms with E-state index in [1.165, 1.54) is 0 Å². The summed E-state index contributed by atoms with van der Waals surface area (Å²) in [6.07, 6.45) is 0. The lowest BCUT2D eigenvalue weighted by atomic mass is 10.1. The number of benzene rings is 1. The summed E-state index contributed by atoms with van der Waals surface area (Å²) in [6, 6.07) is 5.98. The standard InChI is InChI=1S/C11H18N2O2/c1-13(2)11-6-5-10(14-3)7-9(11)8-12-15-4/h5-7,12H,8H2,1-4H3. The highest BCUT2D eigenvalue weighted by Crippen LogP contribution is 2.23. The molecule has 0 aromatic heterocycles. The van der Waals surface area contributed by atoms with Gasteiger partial charge in [0.2, 0.25) is 0 Å². The SMILES string of the molecule is CONCc1cc(OC)ccc1N(C)C. The Hall–Kier alpha value is -1.26. The van der Waals surface area contributed by atoms with Gasteiger partial charge in [-0.1, -0.05) is 0 Å². The number of nitrogens with zero attached hydrogens (tertiary/aromatic N) is 1. The van der Waals surface area contributed by atoms with E-state index in [0.717, 1.165) is 17.0 Å². The van der Waals surface area contributed by atoms with Gasteiger partial charge in [0.15, 0.2) is 0 Å². The van der Waals surface area contributed by atoms with Crippen molar-refractivity contribution in [3.63, 3.8) is 0 Å². The maximum Gasteiger partial charge on any atom is 0.119 e. The fraction of sp³-hybridized carbons (Fsp3) is 0.455. The molecule has 0 atom stereocenters. The van der Waals surface area contributed by atoms with Crippen molar-refractivity contribution in [1.29, 1.82) is 0 Å². The van der Waals surface area contributed by atoms with E-state index in [-0.39, 0.29) is 0 Å². The van der Waals surface area contributed by atoms with Crippen LogP contribution in [0.1, 0.15) is 5.56 Å². The van der Waals surface area contributed by atoms with Gasteiger partial charge in [-0.25, -0.2) is 0 Å². The second-order valence-corrected chi connectivity index (χ2v) is 3.41. The number of nitrogens with one attached hydrogen (secondary N) is 1. The number of hydrogen-bond acceptors (Lipinski definition) is 4. The molecule has 0 amide bonds. The number of hydrogen-bond donors (Lipinski definition) is 1. The van der Waals surface area contributed by atoms with Gasteiger partial charge >= 0.3 is 0 Å². The van der Waals surface area contributed by atoms with Crippen molar-refractivity contribution in [2.45, 2.75) is 6.54 Å². The largest absolute Gasteiger partial charge is 0.497 e. The molecule has 0 unspecified atom stereocenters. The molecule has 84 valence electrons. The predicted octanol–water partition coefficient (Wildman–Crippen LogP) is 1.41. The summed E-state index contributed by atoms with van der Waals surface area (Å²) < 4.78 is 5.18. The second kappa shape index (κ2) is 5.58. The zero-order chi connectivity index (χ0) is 11.3. The molecule has 1 aromatic rings. The highest BCUT2D eigenvalue weighted by molar-refractivity contribution is 5.55. The van der Waals surface area contributed by atoms with Gasteiger partial charge in [0.25, 0.3) is 0 Å². The summed E-state index contributed by atoms with van der Waals surface area (Å²) in [5.41, 5.74) is 5.12. The van der Waals surface area contributed by atoms with Crippen LogP contribution in [0.4, 0.5) is 5.69 Å². The predicted molar refractivity (Wildman–Crippen MR) is 61.2 cm³/mol. The average Bonchev–Trinajstić information content (AvgIpc) is 2.25. The van der Waals surface area contributed by atoms with Crippen molar-refractivity contribution in [3.05, 3.63) is 23.8 Å². The van der Waals surface area contributed by atoms with Crippen LogP contribution in [0.15, 0.2) is 18.2 Å². The van der Waals surface area contributed by atoms with Gasteiger partial charge in [-0.3, -0.25) is 0 Å². The Morgan fingerprint density at radius 3 is 2.53 bits per heavy atom. The van der Waals surface area contributed by atoms with E-state index in [1.807, 2.05) is 32.3 Å². The molecule has 4 heteroatoms. The quantitative estimate of drug-likeness (QED) is 0.745. The Morgan fingerprint density at radius 2 is 2.00 bits per heavy atom. The van der Waals surface area contributed by atoms with E-state index in [2.05, 4.69) is 10.4 Å². The second-order valence-electron chi connectivity index (χ2n) is 3.41. The molecule has 1 N–H and O–H groups in total. The molecule has 0 aliphatic carbocycles. The third-order valence-electron chi connectivity index (χ3n) is 2.18. The molecule has 0 bridgehead atoms. The van der Waals surface area contributed by atoms with Crippen LogP contribution in [0.25, 0.3) is 0 Å². The van der Waals surface area contributed by atoms with Gasteiger partial charge < -0.3 is 14.5 Å². The first-order chi connectivity index (χ1) is 7.19. The third kappa shape index (κ3) is 3.11. The number of hydroxylamine groups is 1. The van der Waals surface area contributed by atoms with Crippen LogP contribution in [0, 0.1) is 0 Å². The fourth-order valence-corrected chi connectivity index (χ4v) is 1.42. The van der Waals surface area contributed by atoms with Gasteiger partial charge in [0.05, 0.1) is 14.2 Å². The summed E-state index contributed by atoms with van der Waals surface area (Å²) in [4.78, 5) is 6.91. The van der Waals surface area contributed by atoms with E-state index in [4.69, 9.17) is 9.57 Å². The number of anilines is 1. The smallest absolute Gasteiger partial charge is 0.119 e. The summed E-state index contributed by atoms with van der Waals surface area (Å²) in [5.74, 6) is 0.855. The Morgan fingerprint density at radius 1 is 1.27 bits per heavy atom. The normalized spacial score (nSPS) is 10.1. The maximum absolute atomic E-state index is 5.18. The van der Waals surface area contributed by atoms with Gasteiger partial charge in [-0.15, -0.1) is 0 Å². The van der Waals surface area contributed by atoms with Crippen molar-refractivity contribution in [2.24, 2.45) is 0 Å². The lowest BCUT2D eigenvalue weighted by molar-refractivity contribution is 0.0867. The minimum absolute atomic E-state index is 0.654. The van der Waals surface area contributed by atoms with Crippen LogP contribution in [0.5, 0.6) is 5.75 Å². The average molecular weight is 210 g/mol. The van der Waals surface area contributed by atoms with E-state index >= 15 is 0 Å². The molecule has 1 aromatic carbocycles. The minimum Gasteiger partial charge on any atom is -0.497 e. The number of methoxy groups -OCH3 is 1. The lowest BCUT2D eigenvalue weighted by Gasteiger charge is -2.18. The molecule has 0 fully saturated rings. The molecule has 0 saturated heterocycles. The first-order valence-electron chi connectivity index (χ1n) is 4.79. The first-order valence-corrected chi connectivity index (χ1v) is 4.79. The molecule has 0 aliphatic rings. The van der Waals surface area contributed by atoms with Crippen LogP contribution >= 0.6 is 0 Å². The maximum atomic E-state index is 5.18. The highest BCUT2D eigenvalue weighted by Gasteiger charge is 2.05. The van der Waals surface area contributed by atoms with E-state index in [0.29, 0.717) is 6.54 Å². The first kappa shape index (κ1) is 11.8. The summed E-state index contributed by atoms with van der Waals surface area (Å²) in [5, 5.41) is 0. The van der Waals surface area contributed by atoms with Crippen LogP contribution in [-0.4, -0.2) is 28.3 Å². The molecule has 0 aliphatic heterocycles. The Bertz CT molecular complexity index is 313. The van der Waals surface area contributed by atoms with Gasteiger partial charge in [0.1, 0.15) is 5.75 Å². The van der Waals surface area contributed by atoms with Crippen molar-refractivity contribution < 1.29 is 9.57 Å². The van der Waals surface area contributed by atoms with Gasteiger partial charge in [0, 0.05) is 26.3 Å². The summed E-state index contributed by atoms with van der Waals surface area (Å²) in [7, 11) is 7.30. The minimum atomic E-state index is 0.654. The van der Waals surface area contributed by atoms with Crippen LogP contribution < -0.4 is 15.1 Å². The van der Waals surface area contributed by atoms with Crippen LogP contribution in [0.2, 0.25) is 0 Å². The monoisotopic (exact) mass is 210 g/mol. The van der Waals surface area contributed by atoms with E-state index in [1.54, 1.807) is 14.2 Å². The molecule has 0 heterocycles. The van der Waals surface area contributed by atoms with Crippen molar-refractivity contribution in [3.8, 4) is 5.75 Å². The summed E-state index contributed by atoms with van der Waals surface area (Å²) >= 11 is 0. The molecular formula is C11H18N2O2. The molecule has 0 radical (unpaired) electrons. The van der Waals surface area contributed by atoms with Crippen molar-refractivity contribution in [1.82, 2.24) is 5.48 Å². The van der Waals surface area contributed by atoms with E-state index in [9.17, 15) is 0 Å². The number of ether oxygens (including phenoxy) is 1. The van der Waals surface area contributed by atoms with Gasteiger partial charge in [-0.2, -0.15) is 5.48 Å². The lowest BCUT2D eigenvalue weighted by Crippen LogP contribution is -2.16. The highest BCUT2D eigenvalue weighted by atomic mass is 16.6. The number of rotatable bonds is 5. The fourth-order valence-electron chi connectivity index (χ4n) is 1.42. The molecule has 1 rings (SSSR count). The topological polar surface area (TPSA) is 33.7 Å². The Balaban J connectivity index is 2.94. The molecule has 4 nitrogen and oxygen atoms in total. The zero-order valence-corrected chi connectivity index (χ0v) is 9.70. The third-order valence-corrected chi connectivity index (χ3v) is 2.18. The Kier molecular flexibility index (Phi) is 4.39. The zero-order valence-electron chi connectivity index (χ0n) is 9.70. The summed E-state index contributed by atoms with van der Waals surface area (Å²) in [6.45, 7) is 0.654.